The zero-order chi connectivity index (χ0) is 9.31. The van der Waals surface area contributed by atoms with Crippen LogP contribution in [0.25, 0.3) is 0 Å². The Bertz CT molecular complexity index is 161. The lowest BCUT2D eigenvalue weighted by atomic mass is 9.85. The van der Waals surface area contributed by atoms with Gasteiger partial charge in [-0.1, -0.05) is 22.9 Å². The van der Waals surface area contributed by atoms with Gasteiger partial charge in [-0.2, -0.15) is 0 Å². The summed E-state index contributed by atoms with van der Waals surface area (Å²) in [4.78, 5) is 2.62. The van der Waals surface area contributed by atoms with E-state index in [1.807, 2.05) is 0 Å². The predicted molar refractivity (Wildman–Crippen MR) is 60.3 cm³/mol. The number of likely N-dealkylation sites (tertiary alicyclic amines) is 1. The zero-order valence-corrected chi connectivity index (χ0v) is 10.1. The van der Waals surface area contributed by atoms with Gasteiger partial charge in [0.1, 0.15) is 0 Å². The molecule has 0 aromatic carbocycles. The second kappa shape index (κ2) is 3.90. The number of halogens is 1. The van der Waals surface area contributed by atoms with Gasteiger partial charge >= 0.3 is 0 Å². The molecule has 1 heterocycles. The largest absolute Gasteiger partial charge is 0.303 e. The van der Waals surface area contributed by atoms with Crippen LogP contribution in [0.5, 0.6) is 0 Å². The smallest absolute Gasteiger partial charge is 0.00598 e. The Kier molecular flexibility index (Phi) is 2.99. The van der Waals surface area contributed by atoms with Crippen LogP contribution in [0.4, 0.5) is 0 Å². The van der Waals surface area contributed by atoms with Crippen molar-refractivity contribution < 1.29 is 0 Å². The molecule has 0 radical (unpaired) electrons. The van der Waals surface area contributed by atoms with Gasteiger partial charge in [0.25, 0.3) is 0 Å². The van der Waals surface area contributed by atoms with Crippen molar-refractivity contribution >= 4 is 15.9 Å². The highest BCUT2D eigenvalue weighted by atomic mass is 79.9. The lowest BCUT2D eigenvalue weighted by Crippen LogP contribution is -2.25. The predicted octanol–water partition coefficient (Wildman–Crippen LogP) is 2.89. The van der Waals surface area contributed by atoms with Gasteiger partial charge in [0.05, 0.1) is 0 Å². The molecule has 1 spiro atoms. The van der Waals surface area contributed by atoms with Crippen LogP contribution in [0.3, 0.4) is 0 Å². The zero-order valence-electron chi connectivity index (χ0n) is 8.56. The quantitative estimate of drug-likeness (QED) is 0.677. The average molecular weight is 246 g/mol. The number of nitrogens with zero attached hydrogens (tertiary/aromatic N) is 1. The standard InChI is InChI=1S/C11H20BrN/c1-2-13-6-5-11(9-13)4-3-10(7-11)8-12/h10H,2-9H2,1H3. The molecule has 0 aromatic rings. The van der Waals surface area contributed by atoms with Crippen molar-refractivity contribution in [2.45, 2.75) is 32.6 Å². The summed E-state index contributed by atoms with van der Waals surface area (Å²) >= 11 is 3.63. The minimum Gasteiger partial charge on any atom is -0.303 e. The molecule has 0 N–H and O–H groups in total. The van der Waals surface area contributed by atoms with Crippen molar-refractivity contribution in [3.63, 3.8) is 0 Å². The summed E-state index contributed by atoms with van der Waals surface area (Å²) in [7, 11) is 0. The molecule has 1 saturated carbocycles. The fourth-order valence-electron chi connectivity index (χ4n) is 3.13. The first kappa shape index (κ1) is 9.97. The van der Waals surface area contributed by atoms with Gasteiger partial charge in [-0.05, 0) is 50.1 Å². The first-order chi connectivity index (χ1) is 6.28. The summed E-state index contributed by atoms with van der Waals surface area (Å²) < 4.78 is 0. The van der Waals surface area contributed by atoms with Crippen molar-refractivity contribution in [2.24, 2.45) is 11.3 Å². The Morgan fingerprint density at radius 2 is 2.31 bits per heavy atom. The molecule has 13 heavy (non-hydrogen) atoms. The van der Waals surface area contributed by atoms with E-state index in [1.165, 1.54) is 50.6 Å². The highest BCUT2D eigenvalue weighted by Gasteiger charge is 2.42. The maximum Gasteiger partial charge on any atom is 0.00598 e. The summed E-state index contributed by atoms with van der Waals surface area (Å²) in [6, 6.07) is 0. The van der Waals surface area contributed by atoms with Gasteiger partial charge in [0.2, 0.25) is 0 Å². The molecule has 2 heteroatoms. The minimum absolute atomic E-state index is 0.731. The molecule has 2 atom stereocenters. The number of rotatable bonds is 2. The van der Waals surface area contributed by atoms with E-state index in [9.17, 15) is 0 Å². The van der Waals surface area contributed by atoms with Crippen molar-refractivity contribution in [3.05, 3.63) is 0 Å². The van der Waals surface area contributed by atoms with E-state index in [0.29, 0.717) is 0 Å². The van der Waals surface area contributed by atoms with Gasteiger partial charge in [-0.15, -0.1) is 0 Å². The Morgan fingerprint density at radius 3 is 2.85 bits per heavy atom. The van der Waals surface area contributed by atoms with E-state index in [2.05, 4.69) is 27.8 Å². The maximum absolute atomic E-state index is 3.63. The SMILES string of the molecule is CCN1CCC2(CCC(CBr)C2)C1. The molecule has 0 aromatic heterocycles. The fraction of sp³-hybridized carbons (Fsp3) is 1.00. The third kappa shape index (κ3) is 1.94. The lowest BCUT2D eigenvalue weighted by Gasteiger charge is -2.23. The van der Waals surface area contributed by atoms with Crippen LogP contribution in [0.2, 0.25) is 0 Å². The summed E-state index contributed by atoms with van der Waals surface area (Å²) in [5.41, 5.74) is 0.731. The second-order valence-corrected chi connectivity index (χ2v) is 5.53. The van der Waals surface area contributed by atoms with Crippen LogP contribution in [0.1, 0.15) is 32.6 Å². The Balaban J connectivity index is 1.93. The number of alkyl halides is 1. The highest BCUT2D eigenvalue weighted by molar-refractivity contribution is 9.09. The molecule has 2 fully saturated rings. The van der Waals surface area contributed by atoms with E-state index in [4.69, 9.17) is 0 Å². The molecule has 0 amide bonds. The normalized spacial score (nSPS) is 40.6. The Morgan fingerprint density at radius 1 is 1.46 bits per heavy atom. The van der Waals surface area contributed by atoms with Crippen molar-refractivity contribution in [1.29, 1.82) is 0 Å². The van der Waals surface area contributed by atoms with E-state index >= 15 is 0 Å². The van der Waals surface area contributed by atoms with E-state index in [0.717, 1.165) is 11.3 Å². The topological polar surface area (TPSA) is 3.24 Å². The maximum atomic E-state index is 3.63. The fourth-order valence-corrected chi connectivity index (χ4v) is 3.68. The molecule has 2 unspecified atom stereocenters. The van der Waals surface area contributed by atoms with Crippen LogP contribution < -0.4 is 0 Å². The minimum atomic E-state index is 0.731. The summed E-state index contributed by atoms with van der Waals surface area (Å²) in [5.74, 6) is 0.969. The summed E-state index contributed by atoms with van der Waals surface area (Å²) in [6.45, 7) is 6.27. The molecule has 2 aliphatic rings. The molecular formula is C11H20BrN. The second-order valence-electron chi connectivity index (χ2n) is 4.88. The molecule has 0 bridgehead atoms. The summed E-state index contributed by atoms with van der Waals surface area (Å²) in [5, 5.41) is 1.22. The monoisotopic (exact) mass is 245 g/mol. The Hall–Kier alpha value is 0.440. The van der Waals surface area contributed by atoms with Gasteiger partial charge in [-0.25, -0.2) is 0 Å². The highest BCUT2D eigenvalue weighted by Crippen LogP contribution is 2.48. The molecule has 1 aliphatic carbocycles. The van der Waals surface area contributed by atoms with E-state index in [1.54, 1.807) is 0 Å². The number of hydrogen-bond acceptors (Lipinski definition) is 1. The van der Waals surface area contributed by atoms with Crippen molar-refractivity contribution in [1.82, 2.24) is 4.90 Å². The summed E-state index contributed by atoms with van der Waals surface area (Å²) in [6.07, 6.45) is 5.89. The molecule has 1 aliphatic heterocycles. The van der Waals surface area contributed by atoms with Crippen LogP contribution in [0, 0.1) is 11.3 Å². The first-order valence-corrected chi connectivity index (χ1v) is 6.68. The lowest BCUT2D eigenvalue weighted by molar-refractivity contribution is 0.263. The average Bonchev–Trinajstić information content (AvgIpc) is 2.74. The van der Waals surface area contributed by atoms with Crippen molar-refractivity contribution in [3.8, 4) is 0 Å². The molecule has 1 nitrogen and oxygen atoms in total. The van der Waals surface area contributed by atoms with Crippen molar-refractivity contribution in [2.75, 3.05) is 25.0 Å². The van der Waals surface area contributed by atoms with Crippen LogP contribution >= 0.6 is 15.9 Å². The van der Waals surface area contributed by atoms with E-state index in [-0.39, 0.29) is 0 Å². The molecule has 1 saturated heterocycles. The van der Waals surface area contributed by atoms with Crippen LogP contribution in [0.15, 0.2) is 0 Å². The van der Waals surface area contributed by atoms with Gasteiger partial charge in [0, 0.05) is 11.9 Å². The number of hydrogen-bond donors (Lipinski definition) is 0. The molecule has 76 valence electrons. The molecular weight excluding hydrogens is 226 g/mol. The van der Waals surface area contributed by atoms with Gasteiger partial charge in [0.15, 0.2) is 0 Å². The Labute approximate surface area is 90.0 Å². The third-order valence-electron chi connectivity index (χ3n) is 3.99. The van der Waals surface area contributed by atoms with Gasteiger partial charge < -0.3 is 4.90 Å². The van der Waals surface area contributed by atoms with Gasteiger partial charge in [-0.3, -0.25) is 0 Å². The first-order valence-electron chi connectivity index (χ1n) is 5.56. The van der Waals surface area contributed by atoms with Crippen LogP contribution in [-0.4, -0.2) is 29.9 Å². The van der Waals surface area contributed by atoms with Crippen LogP contribution in [-0.2, 0) is 0 Å². The third-order valence-corrected chi connectivity index (χ3v) is 4.90. The molecule has 2 rings (SSSR count). The van der Waals surface area contributed by atoms with E-state index < -0.39 is 0 Å².